The fraction of sp³-hybridized carbons (Fsp3) is 1.00. The molecule has 2 nitrogen and oxygen atoms in total. The third-order valence-electron chi connectivity index (χ3n) is 1.90. The Bertz CT molecular complexity index is 79.1. The molecule has 1 aliphatic rings. The summed E-state index contributed by atoms with van der Waals surface area (Å²) in [4.78, 5) is 2.71. The summed E-state index contributed by atoms with van der Waals surface area (Å²) >= 11 is 5.45. The molecule has 9 heavy (non-hydrogen) atoms. The van der Waals surface area contributed by atoms with Gasteiger partial charge in [0.05, 0.1) is 6.10 Å². The van der Waals surface area contributed by atoms with Gasteiger partial charge in [0, 0.05) is 13.2 Å². The molecule has 3 heteroatoms. The number of nitrogens with one attached hydrogen (secondary N) is 1. The van der Waals surface area contributed by atoms with E-state index in [1.807, 2.05) is 0 Å². The van der Waals surface area contributed by atoms with E-state index in [1.165, 1.54) is 6.42 Å². The zero-order valence-corrected chi connectivity index (χ0v) is 6.32. The van der Waals surface area contributed by atoms with Crippen LogP contribution in [0.5, 0.6) is 0 Å². The monoisotopic (exact) mass is 149 g/mol. The van der Waals surface area contributed by atoms with E-state index in [4.69, 9.17) is 16.5 Å². The first-order chi connectivity index (χ1) is 4.38. The molecule has 2 atom stereocenters. The third kappa shape index (κ3) is 1.57. The maximum atomic E-state index is 5.45. The third-order valence-corrected chi connectivity index (χ3v) is 2.18. The molecule has 0 heterocycles. The minimum absolute atomic E-state index is 0.336. The van der Waals surface area contributed by atoms with Gasteiger partial charge in [-0.2, -0.15) is 0 Å². The van der Waals surface area contributed by atoms with Gasteiger partial charge in [-0.25, -0.2) is 4.84 Å². The van der Waals surface area contributed by atoms with Crippen molar-refractivity contribution in [1.29, 1.82) is 0 Å². The molecular formula is C6H12ClNO. The topological polar surface area (TPSA) is 21.3 Å². The maximum Gasteiger partial charge on any atom is 0.0736 e. The Balaban J connectivity index is 2.32. The summed E-state index contributed by atoms with van der Waals surface area (Å²) in [7, 11) is 1.73. The molecule has 0 saturated heterocycles. The largest absolute Gasteiger partial charge is 0.380 e. The van der Waals surface area contributed by atoms with E-state index < -0.39 is 0 Å². The summed E-state index contributed by atoms with van der Waals surface area (Å²) in [5.41, 5.74) is 0. The summed E-state index contributed by atoms with van der Waals surface area (Å²) in [5, 5.41) is 0. The lowest BCUT2D eigenvalue weighted by molar-refractivity contribution is 0.0919. The molecule has 54 valence electrons. The number of halogens is 1. The Hall–Kier alpha value is 0.210. The molecule has 0 aromatic heterocycles. The molecule has 1 rings (SSSR count). The van der Waals surface area contributed by atoms with Crippen LogP contribution in [0.1, 0.15) is 19.3 Å². The second-order valence-electron chi connectivity index (χ2n) is 2.42. The van der Waals surface area contributed by atoms with Crippen LogP contribution in [0, 0.1) is 0 Å². The Morgan fingerprint density at radius 2 is 2.33 bits per heavy atom. The second-order valence-corrected chi connectivity index (χ2v) is 2.64. The average molecular weight is 150 g/mol. The SMILES string of the molecule is CO[C@H]1CCC[C@@H]1NCl. The average Bonchev–Trinajstić information content (AvgIpc) is 2.33. The van der Waals surface area contributed by atoms with Crippen molar-refractivity contribution in [2.75, 3.05) is 7.11 Å². The van der Waals surface area contributed by atoms with E-state index in [0.29, 0.717) is 12.1 Å². The molecule has 0 bridgehead atoms. The van der Waals surface area contributed by atoms with E-state index in [9.17, 15) is 0 Å². The van der Waals surface area contributed by atoms with Crippen molar-refractivity contribution in [2.45, 2.75) is 31.4 Å². The summed E-state index contributed by atoms with van der Waals surface area (Å²) in [6.45, 7) is 0. The van der Waals surface area contributed by atoms with Crippen LogP contribution in [-0.2, 0) is 4.74 Å². The van der Waals surface area contributed by atoms with Crippen molar-refractivity contribution in [3.8, 4) is 0 Å². The van der Waals surface area contributed by atoms with Crippen molar-refractivity contribution < 1.29 is 4.74 Å². The van der Waals surface area contributed by atoms with Crippen LogP contribution in [0.4, 0.5) is 0 Å². The minimum Gasteiger partial charge on any atom is -0.380 e. The van der Waals surface area contributed by atoms with E-state index in [2.05, 4.69) is 4.84 Å². The van der Waals surface area contributed by atoms with Crippen LogP contribution < -0.4 is 4.84 Å². The molecule has 0 aromatic rings. The number of methoxy groups -OCH3 is 1. The Morgan fingerprint density at radius 3 is 2.78 bits per heavy atom. The Labute approximate surface area is 60.6 Å². The fourth-order valence-electron chi connectivity index (χ4n) is 1.33. The maximum absolute atomic E-state index is 5.45. The van der Waals surface area contributed by atoms with Crippen LogP contribution in [0.25, 0.3) is 0 Å². The Morgan fingerprint density at radius 1 is 1.56 bits per heavy atom. The lowest BCUT2D eigenvalue weighted by atomic mass is 10.2. The van der Waals surface area contributed by atoms with Gasteiger partial charge in [-0.15, -0.1) is 0 Å². The lowest BCUT2D eigenvalue weighted by Gasteiger charge is -2.14. The number of hydrogen-bond donors (Lipinski definition) is 1. The van der Waals surface area contributed by atoms with E-state index in [1.54, 1.807) is 7.11 Å². The highest BCUT2D eigenvalue weighted by molar-refractivity contribution is 6.13. The van der Waals surface area contributed by atoms with Crippen molar-refractivity contribution in [2.24, 2.45) is 0 Å². The summed E-state index contributed by atoms with van der Waals surface area (Å²) in [6.07, 6.45) is 3.84. The van der Waals surface area contributed by atoms with Gasteiger partial charge in [0.1, 0.15) is 0 Å². The second kappa shape index (κ2) is 3.40. The first-order valence-corrected chi connectivity index (χ1v) is 3.65. The summed E-state index contributed by atoms with van der Waals surface area (Å²) < 4.78 is 5.17. The van der Waals surface area contributed by atoms with Crippen molar-refractivity contribution in [3.63, 3.8) is 0 Å². The van der Waals surface area contributed by atoms with E-state index in [0.717, 1.165) is 12.8 Å². The number of ether oxygens (including phenoxy) is 1. The van der Waals surface area contributed by atoms with Crippen LogP contribution in [0.2, 0.25) is 0 Å². The van der Waals surface area contributed by atoms with Gasteiger partial charge in [0.15, 0.2) is 0 Å². The van der Waals surface area contributed by atoms with Gasteiger partial charge < -0.3 is 4.74 Å². The zero-order valence-electron chi connectivity index (χ0n) is 5.56. The Kier molecular flexibility index (Phi) is 2.76. The molecule has 1 fully saturated rings. The minimum atomic E-state index is 0.336. The highest BCUT2D eigenvalue weighted by atomic mass is 35.5. The van der Waals surface area contributed by atoms with E-state index >= 15 is 0 Å². The molecule has 0 radical (unpaired) electrons. The van der Waals surface area contributed by atoms with Crippen LogP contribution in [0.15, 0.2) is 0 Å². The predicted octanol–water partition coefficient (Wildman–Crippen LogP) is 1.30. The number of rotatable bonds is 2. The molecular weight excluding hydrogens is 138 g/mol. The molecule has 0 aromatic carbocycles. The fourth-order valence-corrected chi connectivity index (χ4v) is 1.58. The van der Waals surface area contributed by atoms with Gasteiger partial charge in [-0.3, -0.25) is 0 Å². The van der Waals surface area contributed by atoms with Crippen molar-refractivity contribution >= 4 is 11.8 Å². The molecule has 1 N–H and O–H groups in total. The first kappa shape index (κ1) is 7.32. The van der Waals surface area contributed by atoms with Crippen molar-refractivity contribution in [1.82, 2.24) is 4.84 Å². The van der Waals surface area contributed by atoms with Crippen LogP contribution in [-0.4, -0.2) is 19.3 Å². The van der Waals surface area contributed by atoms with Crippen LogP contribution >= 0.6 is 11.8 Å². The van der Waals surface area contributed by atoms with Gasteiger partial charge >= 0.3 is 0 Å². The van der Waals surface area contributed by atoms with Crippen molar-refractivity contribution in [3.05, 3.63) is 0 Å². The molecule has 0 aliphatic heterocycles. The first-order valence-electron chi connectivity index (χ1n) is 3.27. The molecule has 0 unspecified atom stereocenters. The standard InChI is InChI=1S/C6H12ClNO/c1-9-6-4-2-3-5(6)8-7/h5-6,8H,2-4H2,1H3/t5-,6-/m0/s1. The van der Waals surface area contributed by atoms with Gasteiger partial charge in [-0.1, -0.05) is 0 Å². The highest BCUT2D eigenvalue weighted by Crippen LogP contribution is 2.21. The smallest absolute Gasteiger partial charge is 0.0736 e. The van der Waals surface area contributed by atoms with E-state index in [-0.39, 0.29) is 0 Å². The zero-order chi connectivity index (χ0) is 6.69. The highest BCUT2D eigenvalue weighted by Gasteiger charge is 2.25. The predicted molar refractivity (Wildman–Crippen MR) is 37.4 cm³/mol. The molecule has 0 spiro atoms. The summed E-state index contributed by atoms with van der Waals surface area (Å²) in [5.74, 6) is 0. The van der Waals surface area contributed by atoms with Gasteiger partial charge in [0.25, 0.3) is 0 Å². The normalized spacial score (nSPS) is 35.3. The van der Waals surface area contributed by atoms with Gasteiger partial charge in [0.2, 0.25) is 0 Å². The van der Waals surface area contributed by atoms with Gasteiger partial charge in [-0.05, 0) is 31.0 Å². The number of hydrogen-bond acceptors (Lipinski definition) is 2. The van der Waals surface area contributed by atoms with Crippen LogP contribution in [0.3, 0.4) is 0 Å². The molecule has 1 aliphatic carbocycles. The molecule has 0 amide bonds. The lowest BCUT2D eigenvalue weighted by Crippen LogP contribution is -2.30. The summed E-state index contributed by atoms with van der Waals surface area (Å²) in [6, 6.07) is 0.372. The quantitative estimate of drug-likeness (QED) is 0.598. The molecule has 1 saturated carbocycles.